The van der Waals surface area contributed by atoms with E-state index in [-0.39, 0.29) is 5.91 Å². The third-order valence-corrected chi connectivity index (χ3v) is 5.78. The summed E-state index contributed by atoms with van der Waals surface area (Å²) in [7, 11) is 1.81. The highest BCUT2D eigenvalue weighted by Gasteiger charge is 2.39. The third kappa shape index (κ3) is 4.18. The van der Waals surface area contributed by atoms with Gasteiger partial charge in [0.2, 0.25) is 5.91 Å². The highest BCUT2D eigenvalue weighted by Crippen LogP contribution is 2.32. The Bertz CT molecular complexity index is 602. The molecule has 0 bridgehead atoms. The number of hydrogen-bond acceptors (Lipinski definition) is 5. The lowest BCUT2D eigenvalue weighted by molar-refractivity contribution is -0.136. The first-order chi connectivity index (χ1) is 12.1. The zero-order valence-corrected chi connectivity index (χ0v) is 15.1. The van der Waals surface area contributed by atoms with Crippen molar-refractivity contribution in [3.8, 4) is 6.07 Å². The predicted molar refractivity (Wildman–Crippen MR) is 93.4 cm³/mol. The quantitative estimate of drug-likeness (QED) is 0.812. The molecule has 1 aromatic rings. The number of amides is 1. The molecule has 25 heavy (non-hydrogen) atoms. The molecule has 0 aromatic carbocycles. The number of aromatic nitrogens is 3. The highest BCUT2D eigenvalue weighted by molar-refractivity contribution is 5.79. The summed E-state index contributed by atoms with van der Waals surface area (Å²) < 4.78 is 1.87. The molecule has 2 heterocycles. The lowest BCUT2D eigenvalue weighted by atomic mass is 9.81. The molecule has 0 radical (unpaired) electrons. The molecule has 136 valence electrons. The maximum absolute atomic E-state index is 12.8. The number of carbonyl (C=O) groups is 1. The minimum Gasteiger partial charge on any atom is -0.326 e. The molecule has 0 N–H and O–H groups in total. The van der Waals surface area contributed by atoms with Gasteiger partial charge >= 0.3 is 0 Å². The number of likely N-dealkylation sites (N-methyl/N-ethyl adjacent to an activating group) is 1. The first kappa shape index (κ1) is 17.9. The Balaban J connectivity index is 1.55. The van der Waals surface area contributed by atoms with Crippen LogP contribution in [0.4, 0.5) is 0 Å². The van der Waals surface area contributed by atoms with Gasteiger partial charge in [-0.1, -0.05) is 19.3 Å². The number of hydrogen-bond donors (Lipinski definition) is 0. The van der Waals surface area contributed by atoms with E-state index >= 15 is 0 Å². The van der Waals surface area contributed by atoms with Crippen molar-refractivity contribution in [2.24, 2.45) is 5.92 Å². The molecule has 2 aliphatic rings. The van der Waals surface area contributed by atoms with E-state index in [0.29, 0.717) is 12.5 Å². The summed E-state index contributed by atoms with van der Waals surface area (Å²) in [6.07, 6.45) is 10.4. The molecule has 1 atom stereocenters. The molecule has 1 saturated carbocycles. The Morgan fingerprint density at radius 1 is 1.36 bits per heavy atom. The first-order valence-electron chi connectivity index (χ1n) is 9.36. The summed E-state index contributed by atoms with van der Waals surface area (Å²) in [6, 6.07) is 2.44. The van der Waals surface area contributed by atoms with E-state index < -0.39 is 5.54 Å². The second kappa shape index (κ2) is 7.96. The van der Waals surface area contributed by atoms with Crippen LogP contribution in [0.2, 0.25) is 0 Å². The van der Waals surface area contributed by atoms with E-state index in [0.717, 1.165) is 58.2 Å². The fourth-order valence-electron chi connectivity index (χ4n) is 4.23. The van der Waals surface area contributed by atoms with Gasteiger partial charge in [0.05, 0.1) is 12.6 Å². The molecule has 7 nitrogen and oxygen atoms in total. The Morgan fingerprint density at radius 2 is 2.16 bits per heavy atom. The van der Waals surface area contributed by atoms with Crippen LogP contribution in [0.3, 0.4) is 0 Å². The topological polar surface area (TPSA) is 78.1 Å². The minimum absolute atomic E-state index is 0.0739. The van der Waals surface area contributed by atoms with E-state index in [9.17, 15) is 10.1 Å². The molecule has 2 fully saturated rings. The van der Waals surface area contributed by atoms with Gasteiger partial charge in [-0.05, 0) is 38.1 Å². The number of rotatable bonds is 5. The van der Waals surface area contributed by atoms with Crippen molar-refractivity contribution >= 4 is 5.91 Å². The Morgan fingerprint density at radius 3 is 2.84 bits per heavy atom. The van der Waals surface area contributed by atoms with Crippen LogP contribution in [0.15, 0.2) is 12.7 Å². The fourth-order valence-corrected chi connectivity index (χ4v) is 4.23. The average Bonchev–Trinajstić information content (AvgIpc) is 3.15. The van der Waals surface area contributed by atoms with Gasteiger partial charge in [0.15, 0.2) is 0 Å². The van der Waals surface area contributed by atoms with Gasteiger partial charge in [0.1, 0.15) is 18.2 Å². The number of nitrogens with zero attached hydrogens (tertiary/aromatic N) is 6. The van der Waals surface area contributed by atoms with Gasteiger partial charge in [0, 0.05) is 20.1 Å². The van der Waals surface area contributed by atoms with Gasteiger partial charge in [-0.3, -0.25) is 14.4 Å². The molecule has 0 spiro atoms. The zero-order chi connectivity index (χ0) is 17.7. The van der Waals surface area contributed by atoms with Crippen molar-refractivity contribution in [1.29, 1.82) is 5.26 Å². The molecule has 7 heteroatoms. The van der Waals surface area contributed by atoms with Gasteiger partial charge in [-0.2, -0.15) is 10.4 Å². The molecule has 1 aliphatic carbocycles. The fraction of sp³-hybridized carbons (Fsp3) is 0.778. The molecule has 3 rings (SSSR count). The third-order valence-electron chi connectivity index (χ3n) is 5.78. The number of piperidine rings is 1. The van der Waals surface area contributed by atoms with Crippen LogP contribution in [0, 0.1) is 17.2 Å². The summed E-state index contributed by atoms with van der Waals surface area (Å²) in [5.74, 6) is 0.568. The van der Waals surface area contributed by atoms with Crippen LogP contribution in [-0.4, -0.2) is 62.7 Å². The van der Waals surface area contributed by atoms with E-state index in [1.165, 1.54) is 6.42 Å². The zero-order valence-electron chi connectivity index (χ0n) is 15.1. The van der Waals surface area contributed by atoms with E-state index in [4.69, 9.17) is 0 Å². The van der Waals surface area contributed by atoms with Crippen LogP contribution >= 0.6 is 0 Å². The van der Waals surface area contributed by atoms with Crippen LogP contribution in [0.1, 0.15) is 44.9 Å². The number of carbonyl (C=O) groups excluding carboxylic acids is 1. The lowest BCUT2D eigenvalue weighted by Gasteiger charge is -2.40. The van der Waals surface area contributed by atoms with Crippen LogP contribution < -0.4 is 0 Å². The van der Waals surface area contributed by atoms with Crippen molar-refractivity contribution in [3.05, 3.63) is 12.7 Å². The number of nitriles is 1. The van der Waals surface area contributed by atoms with E-state index in [1.807, 2.05) is 11.7 Å². The Labute approximate surface area is 149 Å². The van der Waals surface area contributed by atoms with Crippen LogP contribution in [0.25, 0.3) is 0 Å². The minimum atomic E-state index is -0.592. The van der Waals surface area contributed by atoms with E-state index in [1.54, 1.807) is 17.6 Å². The maximum Gasteiger partial charge on any atom is 0.237 e. The Hall–Kier alpha value is -1.94. The molecule has 0 unspecified atom stereocenters. The van der Waals surface area contributed by atoms with Gasteiger partial charge in [-0.15, -0.1) is 0 Å². The van der Waals surface area contributed by atoms with Crippen molar-refractivity contribution in [2.45, 2.75) is 57.0 Å². The van der Waals surface area contributed by atoms with Crippen molar-refractivity contribution in [2.75, 3.05) is 26.7 Å². The summed E-state index contributed by atoms with van der Waals surface area (Å²) >= 11 is 0. The lowest BCUT2D eigenvalue weighted by Crippen LogP contribution is -2.53. The van der Waals surface area contributed by atoms with Crippen LogP contribution in [0.5, 0.6) is 0 Å². The van der Waals surface area contributed by atoms with Gasteiger partial charge in [-0.25, -0.2) is 4.98 Å². The largest absolute Gasteiger partial charge is 0.326 e. The smallest absolute Gasteiger partial charge is 0.237 e. The standard InChI is InChI=1S/C18H28N6O/c1-22(18(13-19)7-3-2-4-8-18)17(25)12-23-9-5-6-16(10-23)11-24-15-20-14-21-24/h14-16H,2-12H2,1H3/t16-/m0/s1. The second-order valence-electron chi connectivity index (χ2n) is 7.52. The predicted octanol–water partition coefficient (Wildman–Crippen LogP) is 1.67. The van der Waals surface area contributed by atoms with Crippen LogP contribution in [-0.2, 0) is 11.3 Å². The molecule has 1 aromatic heterocycles. The van der Waals surface area contributed by atoms with Gasteiger partial charge < -0.3 is 4.90 Å². The normalized spacial score (nSPS) is 23.8. The maximum atomic E-state index is 12.8. The van der Waals surface area contributed by atoms with E-state index in [2.05, 4.69) is 21.1 Å². The monoisotopic (exact) mass is 344 g/mol. The first-order valence-corrected chi connectivity index (χ1v) is 9.36. The Kier molecular flexibility index (Phi) is 5.69. The molecular weight excluding hydrogens is 316 g/mol. The summed E-state index contributed by atoms with van der Waals surface area (Å²) in [5, 5.41) is 13.9. The van der Waals surface area contributed by atoms with Crippen molar-refractivity contribution < 1.29 is 4.79 Å². The molecular formula is C18H28N6O. The summed E-state index contributed by atoms with van der Waals surface area (Å²) in [6.45, 7) is 3.11. The molecule has 1 saturated heterocycles. The molecule has 1 aliphatic heterocycles. The number of likely N-dealkylation sites (tertiary alicyclic amines) is 1. The molecule has 1 amide bonds. The van der Waals surface area contributed by atoms with Crippen molar-refractivity contribution in [3.63, 3.8) is 0 Å². The summed E-state index contributed by atoms with van der Waals surface area (Å²) in [4.78, 5) is 20.8. The highest BCUT2D eigenvalue weighted by atomic mass is 16.2. The second-order valence-corrected chi connectivity index (χ2v) is 7.52. The van der Waals surface area contributed by atoms with Crippen molar-refractivity contribution in [1.82, 2.24) is 24.6 Å². The SMILES string of the molecule is CN(C(=O)CN1CCC[C@H](Cn2cncn2)C1)C1(C#N)CCCCC1. The summed E-state index contributed by atoms with van der Waals surface area (Å²) in [5.41, 5.74) is -0.592. The van der Waals surface area contributed by atoms with Gasteiger partial charge in [0.25, 0.3) is 0 Å². The average molecular weight is 344 g/mol.